The second kappa shape index (κ2) is 5.46. The summed E-state index contributed by atoms with van der Waals surface area (Å²) in [6, 6.07) is 0.0429. The Kier molecular flexibility index (Phi) is 3.96. The highest BCUT2D eigenvalue weighted by atomic mass is 16.3. The normalized spacial score (nSPS) is 27.8. The van der Waals surface area contributed by atoms with Gasteiger partial charge in [-0.1, -0.05) is 0 Å². The van der Waals surface area contributed by atoms with Crippen LogP contribution < -0.4 is 16.0 Å². The molecule has 0 aromatic carbocycles. The topological polar surface area (TPSA) is 90.5 Å². The molecule has 1 saturated heterocycles. The lowest BCUT2D eigenvalue weighted by Crippen LogP contribution is -2.41. The van der Waals surface area contributed by atoms with Gasteiger partial charge in [0, 0.05) is 25.6 Å². The van der Waals surface area contributed by atoms with Crippen LogP contribution in [0.4, 0.5) is 0 Å². The molecule has 2 amide bonds. The SMILES string of the molecule is O=C(CCNC(=O)C1CC(O)CN1)NC1CC1. The van der Waals surface area contributed by atoms with Gasteiger partial charge in [-0.3, -0.25) is 9.59 Å². The van der Waals surface area contributed by atoms with Crippen molar-refractivity contribution in [3.8, 4) is 0 Å². The second-order valence-electron chi connectivity index (χ2n) is 4.73. The van der Waals surface area contributed by atoms with Crippen molar-refractivity contribution < 1.29 is 14.7 Å². The number of carbonyl (C=O) groups excluding carboxylic acids is 2. The average molecular weight is 241 g/mol. The number of nitrogens with one attached hydrogen (secondary N) is 3. The van der Waals surface area contributed by atoms with Crippen LogP contribution >= 0.6 is 0 Å². The third-order valence-electron chi connectivity index (χ3n) is 3.02. The molecule has 1 aliphatic heterocycles. The van der Waals surface area contributed by atoms with E-state index in [0.29, 0.717) is 32.0 Å². The van der Waals surface area contributed by atoms with Gasteiger partial charge in [0.1, 0.15) is 0 Å². The van der Waals surface area contributed by atoms with Gasteiger partial charge in [-0.25, -0.2) is 0 Å². The van der Waals surface area contributed by atoms with E-state index in [1.165, 1.54) is 0 Å². The molecule has 0 radical (unpaired) electrons. The summed E-state index contributed by atoms with van der Waals surface area (Å²) in [6.45, 7) is 0.811. The standard InChI is InChI=1S/C11H19N3O3/c15-8-5-9(13-6-8)11(17)12-4-3-10(16)14-7-1-2-7/h7-9,13,15H,1-6H2,(H,12,17)(H,14,16). The predicted molar refractivity (Wildman–Crippen MR) is 61.2 cm³/mol. The minimum atomic E-state index is -0.441. The van der Waals surface area contributed by atoms with Crippen molar-refractivity contribution in [2.24, 2.45) is 0 Å². The van der Waals surface area contributed by atoms with Crippen molar-refractivity contribution in [3.63, 3.8) is 0 Å². The van der Waals surface area contributed by atoms with Gasteiger partial charge in [-0.15, -0.1) is 0 Å². The van der Waals surface area contributed by atoms with Crippen LogP contribution in [-0.4, -0.2) is 48.2 Å². The van der Waals surface area contributed by atoms with Crippen LogP contribution in [0.25, 0.3) is 0 Å². The quantitative estimate of drug-likeness (QED) is 0.471. The number of β-amino-alcohol motifs (C(OH)–C–C–N with tert-alkyl or cyclic N) is 1. The fourth-order valence-corrected chi connectivity index (χ4v) is 1.87. The second-order valence-corrected chi connectivity index (χ2v) is 4.73. The maximum atomic E-state index is 11.6. The highest BCUT2D eigenvalue weighted by Gasteiger charge is 2.28. The first-order valence-electron chi connectivity index (χ1n) is 6.13. The van der Waals surface area contributed by atoms with E-state index in [2.05, 4.69) is 16.0 Å². The maximum absolute atomic E-state index is 11.6. The lowest BCUT2D eigenvalue weighted by molar-refractivity contribution is -0.123. The predicted octanol–water partition coefficient (Wildman–Crippen LogP) is -1.51. The van der Waals surface area contributed by atoms with Crippen molar-refractivity contribution in [1.82, 2.24) is 16.0 Å². The Morgan fingerprint density at radius 1 is 1.35 bits per heavy atom. The van der Waals surface area contributed by atoms with Crippen LogP contribution in [0.5, 0.6) is 0 Å². The first-order chi connectivity index (χ1) is 8.15. The fraction of sp³-hybridized carbons (Fsp3) is 0.818. The largest absolute Gasteiger partial charge is 0.392 e. The summed E-state index contributed by atoms with van der Waals surface area (Å²) < 4.78 is 0. The molecule has 1 aliphatic carbocycles. The van der Waals surface area contributed by atoms with E-state index < -0.39 is 6.10 Å². The van der Waals surface area contributed by atoms with Crippen LogP contribution in [-0.2, 0) is 9.59 Å². The number of aliphatic hydroxyl groups excluding tert-OH is 1. The minimum absolute atomic E-state index is 0.00721. The third kappa shape index (κ3) is 3.98. The van der Waals surface area contributed by atoms with Crippen LogP contribution in [0.2, 0.25) is 0 Å². The van der Waals surface area contributed by atoms with Crippen molar-refractivity contribution >= 4 is 11.8 Å². The van der Waals surface area contributed by atoms with E-state index in [-0.39, 0.29) is 17.9 Å². The van der Waals surface area contributed by atoms with Gasteiger partial charge in [0.2, 0.25) is 11.8 Å². The van der Waals surface area contributed by atoms with Gasteiger partial charge in [0.05, 0.1) is 12.1 Å². The third-order valence-corrected chi connectivity index (χ3v) is 3.02. The van der Waals surface area contributed by atoms with Gasteiger partial charge >= 0.3 is 0 Å². The van der Waals surface area contributed by atoms with E-state index in [0.717, 1.165) is 12.8 Å². The molecule has 0 spiro atoms. The molecule has 2 aliphatic rings. The first kappa shape index (κ1) is 12.3. The van der Waals surface area contributed by atoms with Crippen molar-refractivity contribution in [1.29, 1.82) is 0 Å². The van der Waals surface area contributed by atoms with Crippen LogP contribution in [0.1, 0.15) is 25.7 Å². The van der Waals surface area contributed by atoms with Gasteiger partial charge in [-0.05, 0) is 19.3 Å². The number of amides is 2. The first-order valence-corrected chi connectivity index (χ1v) is 6.13. The molecule has 2 unspecified atom stereocenters. The zero-order valence-corrected chi connectivity index (χ0v) is 9.74. The molecule has 0 aromatic heterocycles. The monoisotopic (exact) mass is 241 g/mol. The minimum Gasteiger partial charge on any atom is -0.392 e. The van der Waals surface area contributed by atoms with E-state index >= 15 is 0 Å². The molecule has 6 heteroatoms. The lowest BCUT2D eigenvalue weighted by atomic mass is 10.2. The Morgan fingerprint density at radius 3 is 2.71 bits per heavy atom. The van der Waals surface area contributed by atoms with Crippen LogP contribution in [0.3, 0.4) is 0 Å². The molecule has 96 valence electrons. The molecular weight excluding hydrogens is 222 g/mol. The Hall–Kier alpha value is -1.14. The van der Waals surface area contributed by atoms with Crippen molar-refractivity contribution in [2.75, 3.05) is 13.1 Å². The highest BCUT2D eigenvalue weighted by Crippen LogP contribution is 2.18. The molecular formula is C11H19N3O3. The summed E-state index contributed by atoms with van der Waals surface area (Å²) in [4.78, 5) is 22.9. The molecule has 2 fully saturated rings. The lowest BCUT2D eigenvalue weighted by Gasteiger charge is -2.10. The molecule has 1 saturated carbocycles. The van der Waals surface area contributed by atoms with E-state index in [4.69, 9.17) is 0 Å². The average Bonchev–Trinajstić information content (AvgIpc) is 2.97. The molecule has 2 atom stereocenters. The molecule has 6 nitrogen and oxygen atoms in total. The molecule has 17 heavy (non-hydrogen) atoms. The van der Waals surface area contributed by atoms with Gasteiger partial charge in [0.15, 0.2) is 0 Å². The van der Waals surface area contributed by atoms with Gasteiger partial charge in [-0.2, -0.15) is 0 Å². The number of carbonyl (C=O) groups is 2. The Labute approximate surface area is 100 Å². The van der Waals surface area contributed by atoms with Crippen LogP contribution in [0, 0.1) is 0 Å². The molecule has 0 aromatic rings. The number of aliphatic hydroxyl groups is 1. The Morgan fingerprint density at radius 2 is 2.12 bits per heavy atom. The van der Waals surface area contributed by atoms with E-state index in [1.807, 2.05) is 0 Å². The number of rotatable bonds is 5. The van der Waals surface area contributed by atoms with Gasteiger partial charge < -0.3 is 21.1 Å². The van der Waals surface area contributed by atoms with E-state index in [9.17, 15) is 14.7 Å². The Balaban J connectivity index is 1.57. The summed E-state index contributed by atoms with van der Waals surface area (Å²) >= 11 is 0. The molecule has 2 rings (SSSR count). The Bertz CT molecular complexity index is 304. The summed E-state index contributed by atoms with van der Waals surface area (Å²) in [5.41, 5.74) is 0. The summed E-state index contributed by atoms with van der Waals surface area (Å²) in [5.74, 6) is -0.145. The number of hydrogen-bond acceptors (Lipinski definition) is 4. The fourth-order valence-electron chi connectivity index (χ4n) is 1.87. The molecule has 4 N–H and O–H groups in total. The maximum Gasteiger partial charge on any atom is 0.237 e. The number of hydrogen-bond donors (Lipinski definition) is 4. The van der Waals surface area contributed by atoms with Crippen molar-refractivity contribution in [2.45, 2.75) is 43.9 Å². The van der Waals surface area contributed by atoms with Crippen molar-refractivity contribution in [3.05, 3.63) is 0 Å². The smallest absolute Gasteiger partial charge is 0.237 e. The molecule has 1 heterocycles. The van der Waals surface area contributed by atoms with Crippen LogP contribution in [0.15, 0.2) is 0 Å². The zero-order valence-electron chi connectivity index (χ0n) is 9.74. The summed E-state index contributed by atoms with van der Waals surface area (Å²) in [6.07, 6.45) is 2.46. The van der Waals surface area contributed by atoms with Gasteiger partial charge in [0.25, 0.3) is 0 Å². The zero-order chi connectivity index (χ0) is 12.3. The summed E-state index contributed by atoms with van der Waals surface area (Å²) in [7, 11) is 0. The highest BCUT2D eigenvalue weighted by molar-refractivity contribution is 5.83. The molecule has 0 bridgehead atoms. The summed E-state index contributed by atoms with van der Waals surface area (Å²) in [5, 5.41) is 17.7. The van der Waals surface area contributed by atoms with E-state index in [1.54, 1.807) is 0 Å².